The molecule has 0 aliphatic rings. The highest BCUT2D eigenvalue weighted by Crippen LogP contribution is 2.00. The van der Waals surface area contributed by atoms with Crippen molar-refractivity contribution >= 4 is 0 Å². The monoisotopic (exact) mass is 141 g/mol. The second-order valence-corrected chi connectivity index (χ2v) is 3.88. The van der Waals surface area contributed by atoms with E-state index >= 15 is 0 Å². The van der Waals surface area contributed by atoms with Crippen molar-refractivity contribution in [2.24, 2.45) is 0 Å². The van der Waals surface area contributed by atoms with Crippen LogP contribution in [0.1, 0.15) is 34.1 Å². The minimum Gasteiger partial charge on any atom is -0.312 e. The standard InChI is InChI=1S/C9H19N/c1-8(2)6-7-10-9(3,4)5/h10H,1,6-7H2,2-5H3. The van der Waals surface area contributed by atoms with E-state index in [1.807, 2.05) is 0 Å². The molecule has 60 valence electrons. The van der Waals surface area contributed by atoms with E-state index in [0.29, 0.717) is 0 Å². The first-order valence-electron chi connectivity index (χ1n) is 3.81. The van der Waals surface area contributed by atoms with Gasteiger partial charge in [0.2, 0.25) is 0 Å². The molecule has 0 aliphatic carbocycles. The smallest absolute Gasteiger partial charge is 0.00966 e. The fourth-order valence-electron chi connectivity index (χ4n) is 0.651. The van der Waals surface area contributed by atoms with Crippen LogP contribution in [0, 0.1) is 0 Å². The molecule has 0 saturated carbocycles. The Morgan fingerprint density at radius 1 is 1.40 bits per heavy atom. The van der Waals surface area contributed by atoms with Crippen LogP contribution in [-0.2, 0) is 0 Å². The molecule has 0 bridgehead atoms. The first-order chi connectivity index (χ1) is 4.42. The van der Waals surface area contributed by atoms with Crippen molar-refractivity contribution in [2.75, 3.05) is 6.54 Å². The predicted molar refractivity (Wildman–Crippen MR) is 47.2 cm³/mol. The van der Waals surface area contributed by atoms with Gasteiger partial charge < -0.3 is 5.32 Å². The Morgan fingerprint density at radius 3 is 2.20 bits per heavy atom. The summed E-state index contributed by atoms with van der Waals surface area (Å²) in [5, 5.41) is 3.39. The third-order valence-corrected chi connectivity index (χ3v) is 1.21. The van der Waals surface area contributed by atoms with Crippen LogP contribution in [0.15, 0.2) is 12.2 Å². The largest absolute Gasteiger partial charge is 0.312 e. The second-order valence-electron chi connectivity index (χ2n) is 3.88. The second kappa shape index (κ2) is 3.77. The molecule has 0 aromatic heterocycles. The lowest BCUT2D eigenvalue weighted by Crippen LogP contribution is -2.36. The van der Waals surface area contributed by atoms with Crippen LogP contribution >= 0.6 is 0 Å². The topological polar surface area (TPSA) is 12.0 Å². The lowest BCUT2D eigenvalue weighted by Gasteiger charge is -2.20. The molecule has 0 fully saturated rings. The van der Waals surface area contributed by atoms with E-state index < -0.39 is 0 Å². The molecule has 0 amide bonds. The van der Waals surface area contributed by atoms with Crippen molar-refractivity contribution in [3.8, 4) is 0 Å². The van der Waals surface area contributed by atoms with Crippen LogP contribution in [-0.4, -0.2) is 12.1 Å². The van der Waals surface area contributed by atoms with Gasteiger partial charge in [0.05, 0.1) is 0 Å². The van der Waals surface area contributed by atoms with Gasteiger partial charge in [0.1, 0.15) is 0 Å². The first kappa shape index (κ1) is 9.70. The van der Waals surface area contributed by atoms with Gasteiger partial charge >= 0.3 is 0 Å². The van der Waals surface area contributed by atoms with Gasteiger partial charge in [-0.15, -0.1) is 6.58 Å². The Kier molecular flexibility index (Phi) is 3.66. The molecule has 0 aliphatic heterocycles. The molecule has 0 radical (unpaired) electrons. The van der Waals surface area contributed by atoms with Crippen LogP contribution in [0.5, 0.6) is 0 Å². The van der Waals surface area contributed by atoms with E-state index in [1.165, 1.54) is 5.57 Å². The van der Waals surface area contributed by atoms with Crippen LogP contribution in [0.3, 0.4) is 0 Å². The van der Waals surface area contributed by atoms with Crippen molar-refractivity contribution in [2.45, 2.75) is 39.7 Å². The molecular weight excluding hydrogens is 122 g/mol. The van der Waals surface area contributed by atoms with Crippen molar-refractivity contribution < 1.29 is 0 Å². The lowest BCUT2D eigenvalue weighted by molar-refractivity contribution is 0.429. The van der Waals surface area contributed by atoms with E-state index in [1.54, 1.807) is 0 Å². The predicted octanol–water partition coefficient (Wildman–Crippen LogP) is 2.34. The van der Waals surface area contributed by atoms with Gasteiger partial charge in [-0.2, -0.15) is 0 Å². The molecule has 0 aromatic carbocycles. The van der Waals surface area contributed by atoms with Gasteiger partial charge in [-0.1, -0.05) is 5.57 Å². The highest BCUT2D eigenvalue weighted by molar-refractivity contribution is 4.89. The molecule has 1 nitrogen and oxygen atoms in total. The molecule has 1 heteroatoms. The Bertz CT molecular complexity index is 108. The Balaban J connectivity index is 3.29. The van der Waals surface area contributed by atoms with Crippen molar-refractivity contribution in [3.05, 3.63) is 12.2 Å². The minimum absolute atomic E-state index is 0.245. The Morgan fingerprint density at radius 2 is 1.90 bits per heavy atom. The zero-order valence-corrected chi connectivity index (χ0v) is 7.62. The summed E-state index contributed by atoms with van der Waals surface area (Å²) in [6.07, 6.45) is 1.08. The summed E-state index contributed by atoms with van der Waals surface area (Å²) in [6.45, 7) is 13.5. The van der Waals surface area contributed by atoms with Gasteiger partial charge in [-0.05, 0) is 40.7 Å². The maximum atomic E-state index is 3.83. The summed E-state index contributed by atoms with van der Waals surface area (Å²) >= 11 is 0. The summed E-state index contributed by atoms with van der Waals surface area (Å²) in [5.41, 5.74) is 1.49. The third-order valence-electron chi connectivity index (χ3n) is 1.21. The van der Waals surface area contributed by atoms with Crippen LogP contribution in [0.25, 0.3) is 0 Å². The number of nitrogens with one attached hydrogen (secondary N) is 1. The molecule has 0 heterocycles. The van der Waals surface area contributed by atoms with E-state index in [-0.39, 0.29) is 5.54 Å². The molecule has 0 saturated heterocycles. The molecule has 0 unspecified atom stereocenters. The normalized spacial score (nSPS) is 11.6. The summed E-state index contributed by atoms with van der Waals surface area (Å²) in [4.78, 5) is 0. The maximum Gasteiger partial charge on any atom is 0.00966 e. The molecular formula is C9H19N. The van der Waals surface area contributed by atoms with Crippen molar-refractivity contribution in [1.82, 2.24) is 5.32 Å². The van der Waals surface area contributed by atoms with Crippen LogP contribution in [0.4, 0.5) is 0 Å². The lowest BCUT2D eigenvalue weighted by atomic mass is 10.1. The quantitative estimate of drug-likeness (QED) is 0.595. The van der Waals surface area contributed by atoms with Crippen LogP contribution < -0.4 is 5.32 Å². The van der Waals surface area contributed by atoms with Gasteiger partial charge in [-0.3, -0.25) is 0 Å². The number of hydrogen-bond acceptors (Lipinski definition) is 1. The molecule has 0 spiro atoms. The highest BCUT2D eigenvalue weighted by atomic mass is 14.9. The Labute approximate surface area is 64.5 Å². The molecule has 10 heavy (non-hydrogen) atoms. The average molecular weight is 141 g/mol. The number of rotatable bonds is 3. The highest BCUT2D eigenvalue weighted by Gasteiger charge is 2.06. The van der Waals surface area contributed by atoms with Gasteiger partial charge in [-0.25, -0.2) is 0 Å². The Hall–Kier alpha value is -0.300. The van der Waals surface area contributed by atoms with E-state index in [2.05, 4.69) is 39.6 Å². The molecule has 1 N–H and O–H groups in total. The maximum absolute atomic E-state index is 3.83. The molecule has 0 aromatic rings. The molecule has 0 atom stereocenters. The SMILES string of the molecule is C=C(C)CCNC(C)(C)C. The average Bonchev–Trinajstić information content (AvgIpc) is 1.59. The van der Waals surface area contributed by atoms with E-state index in [0.717, 1.165) is 13.0 Å². The van der Waals surface area contributed by atoms with E-state index in [4.69, 9.17) is 0 Å². The minimum atomic E-state index is 0.245. The van der Waals surface area contributed by atoms with E-state index in [9.17, 15) is 0 Å². The van der Waals surface area contributed by atoms with Gasteiger partial charge in [0, 0.05) is 5.54 Å². The first-order valence-corrected chi connectivity index (χ1v) is 3.81. The summed E-state index contributed by atoms with van der Waals surface area (Å²) in [7, 11) is 0. The van der Waals surface area contributed by atoms with Gasteiger partial charge in [0.25, 0.3) is 0 Å². The van der Waals surface area contributed by atoms with Crippen molar-refractivity contribution in [1.29, 1.82) is 0 Å². The number of hydrogen-bond donors (Lipinski definition) is 1. The summed E-state index contributed by atoms with van der Waals surface area (Å²) in [5.74, 6) is 0. The van der Waals surface area contributed by atoms with Crippen LogP contribution in [0.2, 0.25) is 0 Å². The zero-order chi connectivity index (χ0) is 8.20. The third kappa shape index (κ3) is 7.70. The van der Waals surface area contributed by atoms with Gasteiger partial charge in [0.15, 0.2) is 0 Å². The fourth-order valence-corrected chi connectivity index (χ4v) is 0.651. The molecule has 0 rings (SSSR count). The fraction of sp³-hybridized carbons (Fsp3) is 0.778. The summed E-state index contributed by atoms with van der Waals surface area (Å²) < 4.78 is 0. The summed E-state index contributed by atoms with van der Waals surface area (Å²) in [6, 6.07) is 0. The van der Waals surface area contributed by atoms with Crippen molar-refractivity contribution in [3.63, 3.8) is 0 Å². The zero-order valence-electron chi connectivity index (χ0n) is 7.62.